The molecule has 0 unspecified atom stereocenters. The third kappa shape index (κ3) is 5.98. The Labute approximate surface area is 183 Å². The number of hydrogen-bond acceptors (Lipinski definition) is 3. The molecule has 0 spiro atoms. The van der Waals surface area contributed by atoms with Crippen LogP contribution in [0.4, 0.5) is 10.1 Å². The van der Waals surface area contributed by atoms with Gasteiger partial charge in [-0.05, 0) is 73.5 Å². The lowest BCUT2D eigenvalue weighted by Gasteiger charge is -2.32. The molecule has 0 atom stereocenters. The SMILES string of the molecule is CC(=O)Nc1ccc(CN2CCC(c3cccc(Cc4cccc(F)c4)n3)CC2)cc1. The molecule has 4 rings (SSSR count). The third-order valence-electron chi connectivity index (χ3n) is 5.79. The Kier molecular flexibility index (Phi) is 6.73. The molecule has 3 aromatic rings. The highest BCUT2D eigenvalue weighted by molar-refractivity contribution is 5.88. The Hall–Kier alpha value is -3.05. The zero-order valence-corrected chi connectivity index (χ0v) is 17.9. The minimum Gasteiger partial charge on any atom is -0.326 e. The maximum Gasteiger partial charge on any atom is 0.221 e. The average Bonchev–Trinajstić information content (AvgIpc) is 2.76. The van der Waals surface area contributed by atoms with Crippen molar-refractivity contribution in [3.63, 3.8) is 0 Å². The first-order chi connectivity index (χ1) is 15.0. The number of benzene rings is 2. The molecule has 4 nitrogen and oxygen atoms in total. The number of pyridine rings is 1. The van der Waals surface area contributed by atoms with Gasteiger partial charge in [-0.25, -0.2) is 4.39 Å². The van der Waals surface area contributed by atoms with Crippen molar-refractivity contribution in [1.29, 1.82) is 0 Å². The van der Waals surface area contributed by atoms with E-state index in [-0.39, 0.29) is 11.7 Å². The number of halogens is 1. The van der Waals surface area contributed by atoms with E-state index in [1.165, 1.54) is 18.6 Å². The van der Waals surface area contributed by atoms with E-state index in [2.05, 4.69) is 34.5 Å². The van der Waals surface area contributed by atoms with Crippen LogP contribution in [0.15, 0.2) is 66.7 Å². The fourth-order valence-corrected chi connectivity index (χ4v) is 4.22. The molecule has 1 aliphatic rings. The van der Waals surface area contributed by atoms with Gasteiger partial charge in [0.2, 0.25) is 5.91 Å². The van der Waals surface area contributed by atoms with Crippen LogP contribution in [0.25, 0.3) is 0 Å². The number of amides is 1. The Morgan fingerprint density at radius 3 is 2.48 bits per heavy atom. The van der Waals surface area contributed by atoms with Crippen LogP contribution in [0, 0.1) is 5.82 Å². The first-order valence-corrected chi connectivity index (χ1v) is 10.8. The largest absolute Gasteiger partial charge is 0.326 e. The van der Waals surface area contributed by atoms with Crippen LogP contribution in [-0.4, -0.2) is 28.9 Å². The number of hydrogen-bond donors (Lipinski definition) is 1. The van der Waals surface area contributed by atoms with Crippen LogP contribution in [-0.2, 0) is 17.8 Å². The lowest BCUT2D eigenvalue weighted by Crippen LogP contribution is -2.32. The number of nitrogens with zero attached hydrogens (tertiary/aromatic N) is 2. The van der Waals surface area contributed by atoms with Gasteiger partial charge in [-0.15, -0.1) is 0 Å². The van der Waals surface area contributed by atoms with Crippen LogP contribution in [0.2, 0.25) is 0 Å². The molecule has 2 aromatic carbocycles. The average molecular weight is 418 g/mol. The van der Waals surface area contributed by atoms with Crippen LogP contribution in [0.5, 0.6) is 0 Å². The molecule has 0 bridgehead atoms. The van der Waals surface area contributed by atoms with Crippen LogP contribution in [0.3, 0.4) is 0 Å². The highest BCUT2D eigenvalue weighted by Gasteiger charge is 2.22. The molecule has 1 amide bonds. The highest BCUT2D eigenvalue weighted by Crippen LogP contribution is 2.28. The predicted molar refractivity (Wildman–Crippen MR) is 121 cm³/mol. The Morgan fingerprint density at radius 2 is 1.77 bits per heavy atom. The summed E-state index contributed by atoms with van der Waals surface area (Å²) < 4.78 is 13.5. The molecule has 0 aliphatic carbocycles. The van der Waals surface area contributed by atoms with Crippen molar-refractivity contribution >= 4 is 11.6 Å². The summed E-state index contributed by atoms with van der Waals surface area (Å²) in [5, 5.41) is 2.80. The summed E-state index contributed by atoms with van der Waals surface area (Å²) in [6.07, 6.45) is 2.82. The summed E-state index contributed by atoms with van der Waals surface area (Å²) >= 11 is 0. The molecule has 160 valence electrons. The maximum atomic E-state index is 13.5. The van der Waals surface area contributed by atoms with Crippen molar-refractivity contribution in [2.24, 2.45) is 0 Å². The zero-order chi connectivity index (χ0) is 21.6. The van der Waals surface area contributed by atoms with E-state index in [0.29, 0.717) is 12.3 Å². The molecular weight excluding hydrogens is 389 g/mol. The number of anilines is 1. The fraction of sp³-hybridized carbons (Fsp3) is 0.308. The number of likely N-dealkylation sites (tertiary alicyclic amines) is 1. The van der Waals surface area contributed by atoms with Crippen LogP contribution >= 0.6 is 0 Å². The van der Waals surface area contributed by atoms with Gasteiger partial charge in [0.15, 0.2) is 0 Å². The third-order valence-corrected chi connectivity index (χ3v) is 5.79. The van der Waals surface area contributed by atoms with Crippen molar-refractivity contribution in [2.45, 2.75) is 38.6 Å². The Bertz CT molecular complexity index is 1030. The first-order valence-electron chi connectivity index (χ1n) is 10.8. The molecule has 2 heterocycles. The van der Waals surface area contributed by atoms with Crippen molar-refractivity contribution in [3.05, 3.63) is 95.1 Å². The second-order valence-corrected chi connectivity index (χ2v) is 8.29. The lowest BCUT2D eigenvalue weighted by molar-refractivity contribution is -0.114. The minimum atomic E-state index is -0.203. The van der Waals surface area contributed by atoms with E-state index in [1.54, 1.807) is 12.1 Å². The number of rotatable bonds is 6. The van der Waals surface area contributed by atoms with E-state index >= 15 is 0 Å². The molecule has 0 saturated carbocycles. The van der Waals surface area contributed by atoms with Gasteiger partial charge in [-0.3, -0.25) is 14.7 Å². The number of carbonyl (C=O) groups excluding carboxylic acids is 1. The smallest absolute Gasteiger partial charge is 0.221 e. The van der Waals surface area contributed by atoms with Crippen molar-refractivity contribution in [3.8, 4) is 0 Å². The van der Waals surface area contributed by atoms with E-state index in [4.69, 9.17) is 4.98 Å². The second kappa shape index (κ2) is 9.84. The highest BCUT2D eigenvalue weighted by atomic mass is 19.1. The number of piperidine rings is 1. The minimum absolute atomic E-state index is 0.0524. The normalized spacial score (nSPS) is 15.0. The standard InChI is InChI=1S/C26H28FN3O/c1-19(31)28-24-10-8-20(9-11-24)18-30-14-12-22(13-15-30)26-7-3-6-25(29-26)17-21-4-2-5-23(27)16-21/h2-11,16,22H,12-15,17-18H2,1H3,(H,28,31). The van der Waals surface area contributed by atoms with Crippen LogP contribution < -0.4 is 5.32 Å². The van der Waals surface area contributed by atoms with Gasteiger partial charge < -0.3 is 5.32 Å². The summed E-state index contributed by atoms with van der Waals surface area (Å²) in [5.74, 6) is 0.208. The van der Waals surface area contributed by atoms with Gasteiger partial charge in [0.05, 0.1) is 0 Å². The molecule has 0 radical (unpaired) electrons. The summed E-state index contributed by atoms with van der Waals surface area (Å²) in [5.41, 5.74) is 5.17. The van der Waals surface area contributed by atoms with Crippen LogP contribution in [0.1, 0.15) is 48.2 Å². The molecule has 1 aromatic heterocycles. The second-order valence-electron chi connectivity index (χ2n) is 8.29. The quantitative estimate of drug-likeness (QED) is 0.603. The molecular formula is C26H28FN3O. The molecule has 31 heavy (non-hydrogen) atoms. The Morgan fingerprint density at radius 1 is 1.03 bits per heavy atom. The zero-order valence-electron chi connectivity index (χ0n) is 17.9. The van der Waals surface area contributed by atoms with Crippen molar-refractivity contribution in [2.75, 3.05) is 18.4 Å². The summed E-state index contributed by atoms with van der Waals surface area (Å²) in [7, 11) is 0. The number of carbonyl (C=O) groups is 1. The number of nitrogens with one attached hydrogen (secondary N) is 1. The number of aromatic nitrogens is 1. The van der Waals surface area contributed by atoms with E-state index in [1.807, 2.05) is 24.3 Å². The summed E-state index contributed by atoms with van der Waals surface area (Å²) in [4.78, 5) is 18.5. The van der Waals surface area contributed by atoms with Crippen molar-refractivity contribution < 1.29 is 9.18 Å². The van der Waals surface area contributed by atoms with E-state index in [9.17, 15) is 9.18 Å². The Balaban J connectivity index is 1.32. The summed E-state index contributed by atoms with van der Waals surface area (Å²) in [6, 6.07) is 21.0. The fourth-order valence-electron chi connectivity index (χ4n) is 4.22. The summed E-state index contributed by atoms with van der Waals surface area (Å²) in [6.45, 7) is 4.51. The molecule has 1 saturated heterocycles. The maximum absolute atomic E-state index is 13.5. The van der Waals surface area contributed by atoms with Gasteiger partial charge >= 0.3 is 0 Å². The monoisotopic (exact) mass is 417 g/mol. The molecule has 1 N–H and O–H groups in total. The van der Waals surface area contributed by atoms with Gasteiger partial charge in [0, 0.05) is 42.9 Å². The molecule has 1 aliphatic heterocycles. The van der Waals surface area contributed by atoms with Gasteiger partial charge in [0.1, 0.15) is 5.82 Å². The van der Waals surface area contributed by atoms with E-state index in [0.717, 1.165) is 55.1 Å². The van der Waals surface area contributed by atoms with Gasteiger partial charge in [-0.1, -0.05) is 30.3 Å². The molecule has 5 heteroatoms. The lowest BCUT2D eigenvalue weighted by atomic mass is 9.92. The predicted octanol–water partition coefficient (Wildman–Crippen LogP) is 5.15. The topological polar surface area (TPSA) is 45.2 Å². The first kappa shape index (κ1) is 21.2. The van der Waals surface area contributed by atoms with Gasteiger partial charge in [-0.2, -0.15) is 0 Å². The molecule has 1 fully saturated rings. The van der Waals surface area contributed by atoms with Crippen molar-refractivity contribution in [1.82, 2.24) is 9.88 Å². The van der Waals surface area contributed by atoms with Gasteiger partial charge in [0.25, 0.3) is 0 Å². The van der Waals surface area contributed by atoms with E-state index < -0.39 is 0 Å².